The van der Waals surface area contributed by atoms with Crippen LogP contribution in [-0.2, 0) is 6.54 Å². The van der Waals surface area contributed by atoms with Gasteiger partial charge in [-0.3, -0.25) is 9.59 Å². The zero-order chi connectivity index (χ0) is 18.4. The molecule has 0 saturated carbocycles. The second-order valence-electron chi connectivity index (χ2n) is 5.71. The summed E-state index contributed by atoms with van der Waals surface area (Å²) in [6.45, 7) is 0.239. The second kappa shape index (κ2) is 8.07. The minimum Gasteiger partial charge on any atom is -0.348 e. The van der Waals surface area contributed by atoms with Crippen LogP contribution in [0.5, 0.6) is 0 Å². The molecule has 0 radical (unpaired) electrons. The van der Waals surface area contributed by atoms with E-state index in [9.17, 15) is 14.0 Å². The Morgan fingerprint density at radius 1 is 0.769 bits per heavy atom. The maximum Gasteiger partial charge on any atom is 0.255 e. The highest BCUT2D eigenvalue weighted by atomic mass is 19.1. The molecule has 0 bridgehead atoms. The quantitative estimate of drug-likeness (QED) is 0.732. The van der Waals surface area contributed by atoms with Gasteiger partial charge in [-0.25, -0.2) is 4.39 Å². The Morgan fingerprint density at radius 2 is 1.46 bits per heavy atom. The molecule has 0 heterocycles. The van der Waals surface area contributed by atoms with Crippen molar-refractivity contribution in [1.29, 1.82) is 0 Å². The molecule has 0 atom stereocenters. The average Bonchev–Trinajstić information content (AvgIpc) is 2.67. The van der Waals surface area contributed by atoms with E-state index in [4.69, 9.17) is 0 Å². The number of anilines is 1. The third kappa shape index (κ3) is 4.54. The van der Waals surface area contributed by atoms with Crippen LogP contribution >= 0.6 is 0 Å². The summed E-state index contributed by atoms with van der Waals surface area (Å²) in [5.74, 6) is -0.820. The first-order chi connectivity index (χ1) is 12.6. The highest BCUT2D eigenvalue weighted by Crippen LogP contribution is 2.12. The Labute approximate surface area is 150 Å². The molecule has 26 heavy (non-hydrogen) atoms. The Kier molecular flexibility index (Phi) is 5.39. The van der Waals surface area contributed by atoms with E-state index < -0.39 is 0 Å². The maximum absolute atomic E-state index is 13.1. The SMILES string of the molecule is O=C(NCc1cccc(F)c1)c1ccc(NC(=O)c2ccccc2)cc1. The minimum atomic E-state index is -0.338. The van der Waals surface area contributed by atoms with Crippen LogP contribution < -0.4 is 10.6 Å². The zero-order valence-corrected chi connectivity index (χ0v) is 13.9. The van der Waals surface area contributed by atoms with Gasteiger partial charge in [0.2, 0.25) is 0 Å². The number of nitrogens with one attached hydrogen (secondary N) is 2. The van der Waals surface area contributed by atoms with Crippen molar-refractivity contribution in [2.45, 2.75) is 6.54 Å². The molecule has 0 spiro atoms. The number of carbonyl (C=O) groups excluding carboxylic acids is 2. The summed E-state index contributed by atoms with van der Waals surface area (Å²) in [5.41, 5.74) is 2.30. The number of halogens is 1. The molecule has 0 aliphatic rings. The monoisotopic (exact) mass is 348 g/mol. The first-order valence-corrected chi connectivity index (χ1v) is 8.11. The number of benzene rings is 3. The normalized spacial score (nSPS) is 10.2. The summed E-state index contributed by atoms with van der Waals surface area (Å²) in [6, 6.07) is 21.5. The fourth-order valence-electron chi connectivity index (χ4n) is 2.43. The van der Waals surface area contributed by atoms with Gasteiger partial charge in [0.05, 0.1) is 0 Å². The fraction of sp³-hybridized carbons (Fsp3) is 0.0476. The number of rotatable bonds is 5. The smallest absolute Gasteiger partial charge is 0.255 e. The maximum atomic E-state index is 13.1. The van der Waals surface area contributed by atoms with Gasteiger partial charge in [0, 0.05) is 23.4 Å². The van der Waals surface area contributed by atoms with Gasteiger partial charge in [-0.1, -0.05) is 30.3 Å². The summed E-state index contributed by atoms with van der Waals surface area (Å²) < 4.78 is 13.1. The number of amides is 2. The second-order valence-corrected chi connectivity index (χ2v) is 5.71. The van der Waals surface area contributed by atoms with Crippen molar-refractivity contribution in [3.05, 3.63) is 101 Å². The molecule has 0 saturated heterocycles. The van der Waals surface area contributed by atoms with Gasteiger partial charge in [-0.15, -0.1) is 0 Å². The predicted octanol–water partition coefficient (Wildman–Crippen LogP) is 4.01. The molecule has 130 valence electrons. The number of carbonyl (C=O) groups is 2. The summed E-state index contributed by atoms with van der Waals surface area (Å²) in [5, 5.41) is 5.51. The van der Waals surface area contributed by atoms with E-state index in [-0.39, 0.29) is 24.2 Å². The molecule has 0 aliphatic heterocycles. The lowest BCUT2D eigenvalue weighted by atomic mass is 10.1. The van der Waals surface area contributed by atoms with Crippen LogP contribution in [-0.4, -0.2) is 11.8 Å². The van der Waals surface area contributed by atoms with Crippen molar-refractivity contribution in [3.63, 3.8) is 0 Å². The molecule has 5 heteroatoms. The fourth-order valence-corrected chi connectivity index (χ4v) is 2.43. The third-order valence-corrected chi connectivity index (χ3v) is 3.78. The summed E-state index contributed by atoms with van der Waals surface area (Å²) in [4.78, 5) is 24.3. The van der Waals surface area contributed by atoms with E-state index in [1.165, 1.54) is 12.1 Å². The molecule has 2 amide bonds. The molecule has 3 aromatic rings. The molecule has 0 aliphatic carbocycles. The highest BCUT2D eigenvalue weighted by molar-refractivity contribution is 6.04. The largest absolute Gasteiger partial charge is 0.348 e. The summed E-state index contributed by atoms with van der Waals surface area (Å²) in [7, 11) is 0. The van der Waals surface area contributed by atoms with Crippen molar-refractivity contribution in [2.24, 2.45) is 0 Å². The van der Waals surface area contributed by atoms with E-state index >= 15 is 0 Å². The number of hydrogen-bond acceptors (Lipinski definition) is 2. The minimum absolute atomic E-state index is 0.214. The van der Waals surface area contributed by atoms with E-state index in [1.807, 2.05) is 6.07 Å². The van der Waals surface area contributed by atoms with Crippen molar-refractivity contribution in [2.75, 3.05) is 5.32 Å². The lowest BCUT2D eigenvalue weighted by molar-refractivity contribution is 0.0950. The van der Waals surface area contributed by atoms with E-state index in [0.717, 1.165) is 0 Å². The summed E-state index contributed by atoms with van der Waals surface area (Å²) >= 11 is 0. The van der Waals surface area contributed by atoms with Crippen molar-refractivity contribution in [1.82, 2.24) is 5.32 Å². The first-order valence-electron chi connectivity index (χ1n) is 8.11. The Balaban J connectivity index is 1.58. The van der Waals surface area contributed by atoms with Crippen LogP contribution in [0.15, 0.2) is 78.9 Å². The van der Waals surface area contributed by atoms with Gasteiger partial charge in [0.1, 0.15) is 5.82 Å². The molecule has 0 aromatic heterocycles. The van der Waals surface area contributed by atoms with Crippen LogP contribution in [0.4, 0.5) is 10.1 Å². The van der Waals surface area contributed by atoms with Gasteiger partial charge < -0.3 is 10.6 Å². The van der Waals surface area contributed by atoms with Crippen LogP contribution in [0.3, 0.4) is 0 Å². The molecule has 0 fully saturated rings. The van der Waals surface area contributed by atoms with Gasteiger partial charge in [0.15, 0.2) is 0 Å². The molecular weight excluding hydrogens is 331 g/mol. The van der Waals surface area contributed by atoms with Crippen molar-refractivity contribution >= 4 is 17.5 Å². The molecule has 0 unspecified atom stereocenters. The molecule has 2 N–H and O–H groups in total. The first kappa shape index (κ1) is 17.4. The Morgan fingerprint density at radius 3 is 2.15 bits per heavy atom. The molecule has 3 rings (SSSR count). The molecule has 4 nitrogen and oxygen atoms in total. The van der Waals surface area contributed by atoms with Crippen LogP contribution in [0, 0.1) is 5.82 Å². The summed E-state index contributed by atoms with van der Waals surface area (Å²) in [6.07, 6.45) is 0. The third-order valence-electron chi connectivity index (χ3n) is 3.78. The Hall–Kier alpha value is -3.47. The van der Waals surface area contributed by atoms with E-state index in [0.29, 0.717) is 22.4 Å². The van der Waals surface area contributed by atoms with Crippen LogP contribution in [0.2, 0.25) is 0 Å². The standard InChI is InChI=1S/C21H17FN2O2/c22-18-8-4-5-15(13-18)14-23-20(25)17-9-11-19(12-10-17)24-21(26)16-6-2-1-3-7-16/h1-13H,14H2,(H,23,25)(H,24,26). The lowest BCUT2D eigenvalue weighted by Gasteiger charge is -2.08. The van der Waals surface area contributed by atoms with E-state index in [2.05, 4.69) is 10.6 Å². The van der Waals surface area contributed by atoms with E-state index in [1.54, 1.807) is 60.7 Å². The zero-order valence-electron chi connectivity index (χ0n) is 13.9. The average molecular weight is 348 g/mol. The highest BCUT2D eigenvalue weighted by Gasteiger charge is 2.08. The molecular formula is C21H17FN2O2. The van der Waals surface area contributed by atoms with Gasteiger partial charge in [-0.2, -0.15) is 0 Å². The predicted molar refractivity (Wildman–Crippen MR) is 98.4 cm³/mol. The van der Waals surface area contributed by atoms with Crippen molar-refractivity contribution < 1.29 is 14.0 Å². The van der Waals surface area contributed by atoms with Crippen LogP contribution in [0.25, 0.3) is 0 Å². The van der Waals surface area contributed by atoms with Crippen LogP contribution in [0.1, 0.15) is 26.3 Å². The topological polar surface area (TPSA) is 58.2 Å². The molecule has 3 aromatic carbocycles. The number of hydrogen-bond donors (Lipinski definition) is 2. The van der Waals surface area contributed by atoms with Crippen molar-refractivity contribution in [3.8, 4) is 0 Å². The lowest BCUT2D eigenvalue weighted by Crippen LogP contribution is -2.22. The Bertz CT molecular complexity index is 909. The van der Waals surface area contributed by atoms with Gasteiger partial charge >= 0.3 is 0 Å². The van der Waals surface area contributed by atoms with Gasteiger partial charge in [-0.05, 0) is 54.1 Å². The van der Waals surface area contributed by atoms with Gasteiger partial charge in [0.25, 0.3) is 11.8 Å².